The summed E-state index contributed by atoms with van der Waals surface area (Å²) in [6, 6.07) is 19.9. The van der Waals surface area contributed by atoms with Crippen molar-refractivity contribution in [2.75, 3.05) is 73.0 Å². The number of rotatable bonds is 12. The number of aryl methyl sites for hydroxylation is 4. The second kappa shape index (κ2) is 19.8. The van der Waals surface area contributed by atoms with E-state index in [-0.39, 0.29) is 41.0 Å². The molecule has 0 atom stereocenters. The van der Waals surface area contributed by atoms with Crippen LogP contribution in [0.4, 0.5) is 35.9 Å². The van der Waals surface area contributed by atoms with Gasteiger partial charge in [0.25, 0.3) is 22.9 Å². The van der Waals surface area contributed by atoms with Gasteiger partial charge in [-0.25, -0.2) is 9.36 Å². The number of carbonyl (C=O) groups excluding carboxylic acids is 2. The van der Waals surface area contributed by atoms with Crippen molar-refractivity contribution in [3.8, 4) is 28.6 Å². The fourth-order valence-electron chi connectivity index (χ4n) is 8.04. The molecule has 69 heavy (non-hydrogen) atoms. The molecule has 0 unspecified atom stereocenters. The van der Waals surface area contributed by atoms with Crippen LogP contribution in [0.1, 0.15) is 56.9 Å². The van der Waals surface area contributed by atoms with Gasteiger partial charge in [0.05, 0.1) is 60.4 Å². The fourth-order valence-corrected chi connectivity index (χ4v) is 8.04. The van der Waals surface area contributed by atoms with E-state index in [2.05, 4.69) is 31.8 Å². The number of aromatic nitrogens is 6. The van der Waals surface area contributed by atoms with E-state index in [4.69, 9.17) is 14.6 Å². The molecule has 20 heteroatoms. The number of amides is 2. The number of pyridine rings is 2. The van der Waals surface area contributed by atoms with Crippen molar-refractivity contribution in [2.45, 2.75) is 45.3 Å². The van der Waals surface area contributed by atoms with Crippen LogP contribution in [0.15, 0.2) is 94.9 Å². The number of hydrogen-bond donors (Lipinski definition) is 2. The molecule has 0 bridgehead atoms. The fraction of sp³-hybridized carbons (Fsp3) is 0.327. The number of anilines is 4. The summed E-state index contributed by atoms with van der Waals surface area (Å²) in [4.78, 5) is 66.6. The van der Waals surface area contributed by atoms with Crippen LogP contribution in [-0.2, 0) is 41.1 Å². The Kier molecular flexibility index (Phi) is 13.7. The average Bonchev–Trinajstić information content (AvgIpc) is 3.35. The van der Waals surface area contributed by atoms with Gasteiger partial charge >= 0.3 is 6.18 Å². The van der Waals surface area contributed by atoms with Crippen LogP contribution in [0.2, 0.25) is 0 Å². The first-order valence-electron chi connectivity index (χ1n) is 22.1. The van der Waals surface area contributed by atoms with Gasteiger partial charge in [-0.3, -0.25) is 29.1 Å². The first-order chi connectivity index (χ1) is 33.0. The molecule has 356 valence electrons. The second-order valence-corrected chi connectivity index (χ2v) is 17.2. The maximum Gasteiger partial charge on any atom is 0.417 e. The Balaban J connectivity index is 1.16. The summed E-state index contributed by atoms with van der Waals surface area (Å²) in [6.45, 7) is 8.94. The average molecular weight is 944 g/mol. The normalized spacial score (nSPS) is 14.3. The van der Waals surface area contributed by atoms with E-state index in [1.807, 2.05) is 22.8 Å². The molecule has 2 N–H and O–H groups in total. The van der Waals surface area contributed by atoms with Crippen molar-refractivity contribution in [2.24, 2.45) is 7.05 Å². The zero-order chi connectivity index (χ0) is 49.0. The number of ether oxygens (including phenoxy) is 2. The van der Waals surface area contributed by atoms with Crippen molar-refractivity contribution in [3.63, 3.8) is 0 Å². The number of benzene rings is 2. The number of morpholine rings is 2. The molecule has 6 heterocycles. The van der Waals surface area contributed by atoms with Crippen molar-refractivity contribution < 1.29 is 32.2 Å². The Hall–Kier alpha value is -7.76. The number of halogens is 3. The molecule has 0 aliphatic carbocycles. The van der Waals surface area contributed by atoms with Crippen LogP contribution >= 0.6 is 0 Å². The van der Waals surface area contributed by atoms with Crippen LogP contribution in [-0.4, -0.2) is 93.9 Å². The predicted molar refractivity (Wildman–Crippen MR) is 251 cm³/mol. The number of alkyl halides is 3. The van der Waals surface area contributed by atoms with E-state index in [0.29, 0.717) is 110 Å². The van der Waals surface area contributed by atoms with E-state index in [1.54, 1.807) is 75.5 Å². The molecule has 0 spiro atoms. The first kappa shape index (κ1) is 47.7. The van der Waals surface area contributed by atoms with Gasteiger partial charge in [-0.05, 0) is 98.5 Å². The standard InChI is InChI=1S/C49H48F3N11O6/c1-30-5-7-35(56-44(64)32-21-34(28-54-27-32)49(50,51)52)23-37(30)39-25-43(62-15-19-69-20-16-62)47(67)63(59-39)12-10-31-6-8-36(57-45(65)41-22-33(9-11-55-41)48(2,3)29-53)24-38(31)40-26-42(46(66)60(4)58-40)61-13-17-68-18-14-61/h5-9,11,21-28H,10,12-20H2,1-4H3,(H,56,64)(H,57,65). The highest BCUT2D eigenvalue weighted by atomic mass is 19.4. The molecule has 2 saturated heterocycles. The largest absolute Gasteiger partial charge is 0.417 e. The smallest absolute Gasteiger partial charge is 0.378 e. The Morgan fingerprint density at radius 1 is 0.754 bits per heavy atom. The van der Waals surface area contributed by atoms with Gasteiger partial charge in [0, 0.05) is 80.9 Å². The highest BCUT2D eigenvalue weighted by molar-refractivity contribution is 6.05. The van der Waals surface area contributed by atoms with Crippen LogP contribution in [0.3, 0.4) is 0 Å². The van der Waals surface area contributed by atoms with Crippen molar-refractivity contribution >= 4 is 34.6 Å². The first-order valence-corrected chi connectivity index (χ1v) is 22.1. The maximum absolute atomic E-state index is 14.4. The highest BCUT2D eigenvalue weighted by Gasteiger charge is 2.32. The van der Waals surface area contributed by atoms with E-state index >= 15 is 0 Å². The Bertz CT molecular complexity index is 3100. The van der Waals surface area contributed by atoms with Gasteiger partial charge in [0.15, 0.2) is 0 Å². The lowest BCUT2D eigenvalue weighted by atomic mass is 9.86. The SMILES string of the molecule is Cc1ccc(NC(=O)c2cncc(C(F)(F)F)c2)cc1-c1cc(N2CCOCC2)c(=O)n(CCc2ccc(NC(=O)c3cc(C(C)(C)C#N)ccn3)cc2-c2cc(N3CCOCC3)c(=O)n(C)n2)n1. The summed E-state index contributed by atoms with van der Waals surface area (Å²) in [5.41, 5.74) is 2.73. The molecular weight excluding hydrogens is 896 g/mol. The van der Waals surface area contributed by atoms with Gasteiger partial charge < -0.3 is 29.9 Å². The Morgan fingerprint density at radius 2 is 1.36 bits per heavy atom. The number of nitrogens with zero attached hydrogens (tertiary/aromatic N) is 9. The molecule has 8 rings (SSSR count). The minimum atomic E-state index is -4.69. The van der Waals surface area contributed by atoms with E-state index in [9.17, 15) is 37.6 Å². The van der Waals surface area contributed by atoms with Crippen LogP contribution in [0.5, 0.6) is 0 Å². The summed E-state index contributed by atoms with van der Waals surface area (Å²) < 4.78 is 54.1. The summed E-state index contributed by atoms with van der Waals surface area (Å²) in [7, 11) is 1.57. The van der Waals surface area contributed by atoms with Gasteiger partial charge in [0.2, 0.25) is 0 Å². The van der Waals surface area contributed by atoms with Crippen LogP contribution in [0, 0.1) is 18.3 Å². The lowest BCUT2D eigenvalue weighted by molar-refractivity contribution is -0.137. The Labute approximate surface area is 394 Å². The number of hydrogen-bond acceptors (Lipinski definition) is 13. The van der Waals surface area contributed by atoms with Gasteiger partial charge in [-0.1, -0.05) is 12.1 Å². The summed E-state index contributed by atoms with van der Waals surface area (Å²) in [5.74, 6) is -1.31. The minimum absolute atomic E-state index is 0.0637. The van der Waals surface area contributed by atoms with Crippen molar-refractivity contribution in [1.29, 1.82) is 5.26 Å². The van der Waals surface area contributed by atoms with E-state index in [0.717, 1.165) is 17.8 Å². The molecule has 2 aliphatic heterocycles. The lowest BCUT2D eigenvalue weighted by Crippen LogP contribution is -2.41. The number of carbonyl (C=O) groups is 2. The summed E-state index contributed by atoms with van der Waals surface area (Å²) in [5, 5.41) is 24.8. The molecule has 2 fully saturated rings. The van der Waals surface area contributed by atoms with Crippen LogP contribution in [0.25, 0.3) is 22.5 Å². The van der Waals surface area contributed by atoms with Crippen LogP contribution < -0.4 is 31.6 Å². The van der Waals surface area contributed by atoms with Gasteiger partial charge in [-0.2, -0.15) is 28.6 Å². The molecule has 0 radical (unpaired) electrons. The third-order valence-electron chi connectivity index (χ3n) is 12.0. The monoisotopic (exact) mass is 943 g/mol. The topological polar surface area (TPSA) is 202 Å². The molecule has 0 saturated carbocycles. The molecule has 2 aromatic carbocycles. The minimum Gasteiger partial charge on any atom is -0.378 e. The predicted octanol–water partition coefficient (Wildman–Crippen LogP) is 6.01. The van der Waals surface area contributed by atoms with Crippen molar-refractivity contribution in [1.82, 2.24) is 29.5 Å². The second-order valence-electron chi connectivity index (χ2n) is 17.2. The molecule has 2 aliphatic rings. The highest BCUT2D eigenvalue weighted by Crippen LogP contribution is 2.32. The zero-order valence-electron chi connectivity index (χ0n) is 38.3. The number of nitriles is 1. The molecule has 2 amide bonds. The summed E-state index contributed by atoms with van der Waals surface area (Å²) in [6.07, 6.45) is -1.28. The number of nitrogens with one attached hydrogen (secondary N) is 2. The molecule has 4 aromatic heterocycles. The Morgan fingerprint density at radius 3 is 2.01 bits per heavy atom. The third-order valence-corrected chi connectivity index (χ3v) is 12.0. The van der Waals surface area contributed by atoms with Gasteiger partial charge in [-0.15, -0.1) is 0 Å². The quantitative estimate of drug-likeness (QED) is 0.145. The summed E-state index contributed by atoms with van der Waals surface area (Å²) >= 11 is 0. The third kappa shape index (κ3) is 10.7. The molecular formula is C49H48F3N11O6. The molecule has 17 nitrogen and oxygen atoms in total. The maximum atomic E-state index is 14.4. The van der Waals surface area contributed by atoms with Gasteiger partial charge in [0.1, 0.15) is 17.1 Å². The van der Waals surface area contributed by atoms with E-state index in [1.165, 1.54) is 15.6 Å². The lowest BCUT2D eigenvalue weighted by Gasteiger charge is -2.29. The van der Waals surface area contributed by atoms with E-state index < -0.39 is 29.0 Å². The molecule has 6 aromatic rings. The zero-order valence-corrected chi connectivity index (χ0v) is 38.3. The van der Waals surface area contributed by atoms with Crippen molar-refractivity contribution in [3.05, 3.63) is 140 Å².